The van der Waals surface area contributed by atoms with E-state index in [9.17, 15) is 0 Å². The highest BCUT2D eigenvalue weighted by Crippen LogP contribution is 2.25. The van der Waals surface area contributed by atoms with Gasteiger partial charge in [-0.15, -0.1) is 0 Å². The zero-order valence-corrected chi connectivity index (χ0v) is 18.3. The molecule has 0 atom stereocenters. The van der Waals surface area contributed by atoms with Crippen LogP contribution in [0.4, 0.5) is 4.39 Å². The summed E-state index contributed by atoms with van der Waals surface area (Å²) in [5, 5.41) is 5.43. The lowest BCUT2D eigenvalue weighted by molar-refractivity contribution is 0.342. The summed E-state index contributed by atoms with van der Waals surface area (Å²) in [6.07, 6.45) is 11.2. The molecule has 3 aromatic rings. The van der Waals surface area contributed by atoms with E-state index in [1.807, 2.05) is 18.2 Å². The molecule has 0 saturated heterocycles. The third-order valence-corrected chi connectivity index (χ3v) is 6.85. The van der Waals surface area contributed by atoms with E-state index in [0.717, 1.165) is 53.5 Å². The Hall–Kier alpha value is -2.65. The van der Waals surface area contributed by atoms with E-state index in [0.29, 0.717) is 12.2 Å². The Morgan fingerprint density at radius 3 is 2.45 bits per heavy atom. The third kappa shape index (κ3) is 4.12. The fourth-order valence-corrected chi connectivity index (χ4v) is 4.78. The van der Waals surface area contributed by atoms with Gasteiger partial charge in [-0.05, 0) is 62.3 Å². The number of benzene rings is 2. The first-order valence-corrected chi connectivity index (χ1v) is 11.7. The molecular weight excluding hydrogens is 383 g/mol. The van der Waals surface area contributed by atoms with Crippen molar-refractivity contribution >= 4 is 12.2 Å². The molecule has 31 heavy (non-hydrogen) atoms. The van der Waals surface area contributed by atoms with Crippen molar-refractivity contribution in [3.63, 3.8) is 0 Å². The van der Waals surface area contributed by atoms with Gasteiger partial charge in [0.1, 0.15) is 0 Å². The minimum Gasteiger partial charge on any atom is -0.334 e. The standard InChI is InChI=1S/C28H31FN2/c1-20-7-2-3-10-24(20)28-27(29)25-11-4-5-12-26(25)31(28)19-22-15-13-21(14-16-22)17-18-30-23-8-6-9-23/h2-3,7,10-16,23,30H,4-6,8-9,17-19H2,1H3. The summed E-state index contributed by atoms with van der Waals surface area (Å²) in [6.45, 7) is 3.79. The van der Waals surface area contributed by atoms with E-state index < -0.39 is 0 Å². The molecule has 2 aromatic carbocycles. The van der Waals surface area contributed by atoms with E-state index in [1.165, 1.54) is 30.4 Å². The van der Waals surface area contributed by atoms with E-state index in [-0.39, 0.29) is 5.82 Å². The molecule has 2 aliphatic carbocycles. The zero-order chi connectivity index (χ0) is 21.2. The molecular formula is C28H31FN2. The van der Waals surface area contributed by atoms with Crippen molar-refractivity contribution in [3.05, 3.63) is 81.6 Å². The summed E-state index contributed by atoms with van der Waals surface area (Å²) in [5.74, 6) is -0.0843. The summed E-state index contributed by atoms with van der Waals surface area (Å²) in [6, 6.07) is 17.7. The average Bonchev–Trinajstić information content (AvgIpc) is 3.03. The summed E-state index contributed by atoms with van der Waals surface area (Å²) >= 11 is 0. The maximum absolute atomic E-state index is 15.6. The number of fused-ring (bicyclic) bond motifs is 1. The molecule has 5 rings (SSSR count). The second-order valence-corrected chi connectivity index (χ2v) is 9.00. The monoisotopic (exact) mass is 414 g/mol. The van der Waals surface area contributed by atoms with Crippen LogP contribution in [0.15, 0.2) is 48.5 Å². The van der Waals surface area contributed by atoms with Crippen molar-refractivity contribution in [2.45, 2.75) is 58.0 Å². The van der Waals surface area contributed by atoms with Gasteiger partial charge >= 0.3 is 0 Å². The SMILES string of the molecule is Cc1ccccc1-c1c(F)c2c(n1Cc1ccc(CCNC3CCC3)cc1)=CCCC=2. The van der Waals surface area contributed by atoms with Crippen LogP contribution < -0.4 is 15.9 Å². The Morgan fingerprint density at radius 2 is 1.71 bits per heavy atom. The van der Waals surface area contributed by atoms with E-state index in [4.69, 9.17) is 0 Å². The molecule has 2 aliphatic rings. The first kappa shape index (κ1) is 20.3. The highest BCUT2D eigenvalue weighted by molar-refractivity contribution is 5.66. The number of hydrogen-bond acceptors (Lipinski definition) is 1. The van der Waals surface area contributed by atoms with E-state index >= 15 is 4.39 Å². The fraction of sp³-hybridized carbons (Fsp3) is 0.357. The highest BCUT2D eigenvalue weighted by atomic mass is 19.1. The summed E-state index contributed by atoms with van der Waals surface area (Å²) in [5.41, 5.74) is 5.37. The van der Waals surface area contributed by atoms with Crippen molar-refractivity contribution in [2.24, 2.45) is 0 Å². The maximum atomic E-state index is 15.6. The second-order valence-electron chi connectivity index (χ2n) is 9.00. The lowest BCUT2D eigenvalue weighted by Gasteiger charge is -2.26. The maximum Gasteiger partial charge on any atom is 0.156 e. The Balaban J connectivity index is 1.43. The molecule has 0 aliphatic heterocycles. The fourth-order valence-electron chi connectivity index (χ4n) is 4.78. The third-order valence-electron chi connectivity index (χ3n) is 6.85. The van der Waals surface area contributed by atoms with Crippen molar-refractivity contribution < 1.29 is 4.39 Å². The van der Waals surface area contributed by atoms with Gasteiger partial charge in [-0.3, -0.25) is 0 Å². The van der Waals surface area contributed by atoms with Gasteiger partial charge in [0.15, 0.2) is 5.82 Å². The molecule has 0 bridgehead atoms. The lowest BCUT2D eigenvalue weighted by Crippen LogP contribution is -2.36. The summed E-state index contributed by atoms with van der Waals surface area (Å²) < 4.78 is 17.7. The minimum absolute atomic E-state index is 0.0843. The van der Waals surface area contributed by atoms with Crippen LogP contribution in [-0.2, 0) is 13.0 Å². The average molecular weight is 415 g/mol. The predicted octanol–water partition coefficient (Wildman–Crippen LogP) is 4.69. The van der Waals surface area contributed by atoms with Crippen LogP contribution in [0, 0.1) is 12.7 Å². The van der Waals surface area contributed by atoms with Crippen LogP contribution in [0.25, 0.3) is 23.4 Å². The molecule has 1 fully saturated rings. The number of hydrogen-bond donors (Lipinski definition) is 1. The number of aryl methyl sites for hydroxylation is 1. The van der Waals surface area contributed by atoms with Crippen LogP contribution in [-0.4, -0.2) is 17.2 Å². The molecule has 1 saturated carbocycles. The Labute approximate surface area is 184 Å². The number of rotatable bonds is 7. The first-order valence-electron chi connectivity index (χ1n) is 11.7. The molecule has 0 amide bonds. The molecule has 1 aromatic heterocycles. The zero-order valence-electron chi connectivity index (χ0n) is 18.3. The quantitative estimate of drug-likeness (QED) is 0.593. The summed E-state index contributed by atoms with van der Waals surface area (Å²) in [7, 11) is 0. The Morgan fingerprint density at radius 1 is 0.968 bits per heavy atom. The molecule has 2 nitrogen and oxygen atoms in total. The van der Waals surface area contributed by atoms with Gasteiger partial charge in [-0.2, -0.15) is 0 Å². The lowest BCUT2D eigenvalue weighted by atomic mass is 9.93. The minimum atomic E-state index is -0.0843. The van der Waals surface area contributed by atoms with Gasteiger partial charge in [-0.25, -0.2) is 4.39 Å². The van der Waals surface area contributed by atoms with E-state index in [2.05, 4.69) is 59.3 Å². The topological polar surface area (TPSA) is 17.0 Å². The van der Waals surface area contributed by atoms with Gasteiger partial charge in [0.25, 0.3) is 0 Å². The van der Waals surface area contributed by atoms with Gasteiger partial charge in [0.05, 0.1) is 5.69 Å². The normalized spacial score (nSPS) is 15.7. The van der Waals surface area contributed by atoms with Gasteiger partial charge in [0, 0.05) is 28.7 Å². The van der Waals surface area contributed by atoms with Crippen LogP contribution in [0.3, 0.4) is 0 Å². The number of nitrogens with one attached hydrogen (secondary N) is 1. The van der Waals surface area contributed by atoms with Crippen LogP contribution in [0.2, 0.25) is 0 Å². The molecule has 1 N–H and O–H groups in total. The largest absolute Gasteiger partial charge is 0.334 e. The van der Waals surface area contributed by atoms with Crippen molar-refractivity contribution in [2.75, 3.05) is 6.54 Å². The van der Waals surface area contributed by atoms with Crippen molar-refractivity contribution in [1.29, 1.82) is 0 Å². The van der Waals surface area contributed by atoms with Crippen LogP contribution in [0.5, 0.6) is 0 Å². The van der Waals surface area contributed by atoms with Gasteiger partial charge in [-0.1, -0.05) is 67.1 Å². The number of halogens is 1. The second kappa shape index (κ2) is 8.84. The molecule has 0 radical (unpaired) electrons. The molecule has 160 valence electrons. The highest BCUT2D eigenvalue weighted by Gasteiger charge is 2.19. The Bertz CT molecular complexity index is 1180. The number of nitrogens with zero attached hydrogens (tertiary/aromatic N) is 1. The predicted molar refractivity (Wildman–Crippen MR) is 127 cm³/mol. The first-order chi connectivity index (χ1) is 15.2. The molecule has 0 unspecified atom stereocenters. The van der Waals surface area contributed by atoms with E-state index in [1.54, 1.807) is 0 Å². The smallest absolute Gasteiger partial charge is 0.156 e. The van der Waals surface area contributed by atoms with Crippen molar-refractivity contribution in [1.82, 2.24) is 9.88 Å². The summed E-state index contributed by atoms with van der Waals surface area (Å²) in [4.78, 5) is 0. The van der Waals surface area contributed by atoms with Gasteiger partial charge in [0.2, 0.25) is 0 Å². The van der Waals surface area contributed by atoms with Crippen LogP contribution in [0.1, 0.15) is 48.8 Å². The molecule has 3 heteroatoms. The molecule has 1 heterocycles. The van der Waals surface area contributed by atoms with Gasteiger partial charge < -0.3 is 9.88 Å². The molecule has 0 spiro atoms. The van der Waals surface area contributed by atoms with Crippen LogP contribution >= 0.6 is 0 Å². The Kier molecular flexibility index (Phi) is 5.78. The number of aromatic nitrogens is 1. The van der Waals surface area contributed by atoms with Crippen molar-refractivity contribution in [3.8, 4) is 11.3 Å².